The number of nitrogens with one attached hydrogen (secondary N) is 1. The Morgan fingerprint density at radius 2 is 2.05 bits per heavy atom. The average Bonchev–Trinajstić information content (AvgIpc) is 2.87. The molecule has 0 amide bonds. The molecule has 0 fully saturated rings. The zero-order valence-corrected chi connectivity index (χ0v) is 12.1. The Kier molecular flexibility index (Phi) is 4.99. The number of carboxylic acid groups (broad SMARTS) is 1. The molecule has 1 unspecified atom stereocenters. The van der Waals surface area contributed by atoms with Crippen molar-refractivity contribution in [3.05, 3.63) is 41.7 Å². The topological polar surface area (TPSA) is 92.9 Å². The highest BCUT2D eigenvalue weighted by molar-refractivity contribution is 5.73. The highest BCUT2D eigenvalue weighted by atomic mass is 16.4. The van der Waals surface area contributed by atoms with Gasteiger partial charge in [-0.25, -0.2) is 4.68 Å². The normalized spacial score (nSPS) is 12.5. The molecule has 1 aromatic heterocycles. The van der Waals surface area contributed by atoms with E-state index in [1.807, 2.05) is 44.2 Å². The Balaban J connectivity index is 2.02. The lowest BCUT2D eigenvalue weighted by Gasteiger charge is -2.17. The molecule has 0 aliphatic rings. The van der Waals surface area contributed by atoms with E-state index in [1.54, 1.807) is 4.68 Å². The van der Waals surface area contributed by atoms with E-state index in [-0.39, 0.29) is 5.92 Å². The van der Waals surface area contributed by atoms with Gasteiger partial charge in [0.1, 0.15) is 6.04 Å². The summed E-state index contributed by atoms with van der Waals surface area (Å²) in [5.74, 6) is -0.265. The van der Waals surface area contributed by atoms with Gasteiger partial charge >= 0.3 is 5.97 Å². The predicted octanol–water partition coefficient (Wildman–Crippen LogP) is 0.920. The van der Waals surface area contributed by atoms with E-state index in [4.69, 9.17) is 5.11 Å². The molecule has 7 heteroatoms. The van der Waals surface area contributed by atoms with Crippen LogP contribution in [0.25, 0.3) is 0 Å². The third-order valence-corrected chi connectivity index (χ3v) is 3.19. The van der Waals surface area contributed by atoms with Crippen molar-refractivity contribution < 1.29 is 9.90 Å². The van der Waals surface area contributed by atoms with Crippen LogP contribution >= 0.6 is 0 Å². The Labute approximate surface area is 123 Å². The first-order valence-corrected chi connectivity index (χ1v) is 6.83. The van der Waals surface area contributed by atoms with Crippen molar-refractivity contribution in [2.75, 3.05) is 0 Å². The van der Waals surface area contributed by atoms with E-state index < -0.39 is 12.0 Å². The second-order valence-electron chi connectivity index (χ2n) is 5.18. The van der Waals surface area contributed by atoms with Crippen molar-refractivity contribution in [3.8, 4) is 0 Å². The van der Waals surface area contributed by atoms with Crippen LogP contribution in [-0.2, 0) is 17.9 Å². The van der Waals surface area contributed by atoms with Gasteiger partial charge in [0.15, 0.2) is 5.82 Å². The van der Waals surface area contributed by atoms with Crippen LogP contribution in [0.2, 0.25) is 0 Å². The van der Waals surface area contributed by atoms with Gasteiger partial charge in [-0.2, -0.15) is 0 Å². The van der Waals surface area contributed by atoms with Crippen molar-refractivity contribution in [1.29, 1.82) is 0 Å². The number of tetrazole rings is 1. The second-order valence-corrected chi connectivity index (χ2v) is 5.18. The molecule has 0 spiro atoms. The first-order valence-electron chi connectivity index (χ1n) is 6.83. The number of benzene rings is 1. The van der Waals surface area contributed by atoms with Crippen molar-refractivity contribution in [2.45, 2.75) is 33.0 Å². The zero-order valence-electron chi connectivity index (χ0n) is 12.1. The van der Waals surface area contributed by atoms with Crippen LogP contribution in [0, 0.1) is 5.92 Å². The van der Waals surface area contributed by atoms with E-state index in [2.05, 4.69) is 20.8 Å². The summed E-state index contributed by atoms with van der Waals surface area (Å²) in [6.07, 6.45) is 0. The lowest BCUT2D eigenvalue weighted by atomic mass is 10.1. The third kappa shape index (κ3) is 4.09. The van der Waals surface area contributed by atoms with Crippen molar-refractivity contribution in [2.24, 2.45) is 5.92 Å². The van der Waals surface area contributed by atoms with Crippen LogP contribution in [0.15, 0.2) is 30.3 Å². The molecule has 0 aliphatic heterocycles. The van der Waals surface area contributed by atoms with Gasteiger partial charge in [0.05, 0.1) is 13.1 Å². The van der Waals surface area contributed by atoms with E-state index >= 15 is 0 Å². The van der Waals surface area contributed by atoms with Crippen LogP contribution in [-0.4, -0.2) is 37.3 Å². The molecule has 21 heavy (non-hydrogen) atoms. The molecule has 0 bridgehead atoms. The standard InChI is InChI=1S/C14H19N5O2/c1-10(2)13(14(20)21)15-8-12-16-17-18-19(12)9-11-6-4-3-5-7-11/h3-7,10,13,15H,8-9H2,1-2H3,(H,20,21). The number of rotatable bonds is 7. The van der Waals surface area contributed by atoms with E-state index in [9.17, 15) is 4.79 Å². The highest BCUT2D eigenvalue weighted by Gasteiger charge is 2.21. The average molecular weight is 289 g/mol. The SMILES string of the molecule is CC(C)C(NCc1nnnn1Cc1ccccc1)C(=O)O. The second kappa shape index (κ2) is 6.94. The maximum absolute atomic E-state index is 11.2. The van der Waals surface area contributed by atoms with Gasteiger partial charge in [0, 0.05) is 0 Å². The summed E-state index contributed by atoms with van der Waals surface area (Å²) in [5.41, 5.74) is 1.09. The minimum atomic E-state index is -0.868. The number of carbonyl (C=O) groups is 1. The Morgan fingerprint density at radius 1 is 1.33 bits per heavy atom. The van der Waals surface area contributed by atoms with Gasteiger partial charge in [-0.1, -0.05) is 44.2 Å². The Bertz CT molecular complexity index is 582. The number of hydrogen-bond donors (Lipinski definition) is 2. The van der Waals surface area contributed by atoms with Crippen LogP contribution < -0.4 is 5.32 Å². The summed E-state index contributed by atoms with van der Waals surface area (Å²) < 4.78 is 1.67. The molecule has 0 saturated carbocycles. The highest BCUT2D eigenvalue weighted by Crippen LogP contribution is 2.05. The predicted molar refractivity (Wildman–Crippen MR) is 76.5 cm³/mol. The molecular weight excluding hydrogens is 270 g/mol. The first-order chi connectivity index (χ1) is 10.1. The van der Waals surface area contributed by atoms with Crippen molar-refractivity contribution >= 4 is 5.97 Å². The summed E-state index contributed by atoms with van der Waals surface area (Å²) >= 11 is 0. The zero-order chi connectivity index (χ0) is 15.2. The number of carboxylic acids is 1. The molecular formula is C14H19N5O2. The lowest BCUT2D eigenvalue weighted by Crippen LogP contribution is -2.41. The molecule has 0 saturated heterocycles. The molecule has 112 valence electrons. The fraction of sp³-hybridized carbons (Fsp3) is 0.429. The lowest BCUT2D eigenvalue weighted by molar-refractivity contribution is -0.140. The molecule has 1 atom stereocenters. The van der Waals surface area contributed by atoms with Crippen LogP contribution in [0.3, 0.4) is 0 Å². The van der Waals surface area contributed by atoms with Gasteiger partial charge in [-0.3, -0.25) is 10.1 Å². The van der Waals surface area contributed by atoms with E-state index in [0.717, 1.165) is 5.56 Å². The quantitative estimate of drug-likeness (QED) is 0.787. The summed E-state index contributed by atoms with van der Waals surface area (Å²) in [7, 11) is 0. The Morgan fingerprint density at radius 3 is 2.67 bits per heavy atom. The van der Waals surface area contributed by atoms with Gasteiger partial charge in [0.25, 0.3) is 0 Å². The van der Waals surface area contributed by atoms with E-state index in [1.165, 1.54) is 0 Å². The molecule has 7 nitrogen and oxygen atoms in total. The number of aromatic nitrogens is 4. The Hall–Kier alpha value is -2.28. The molecule has 2 N–H and O–H groups in total. The number of nitrogens with zero attached hydrogens (tertiary/aromatic N) is 4. The van der Waals surface area contributed by atoms with Gasteiger partial charge in [-0.05, 0) is 21.9 Å². The largest absolute Gasteiger partial charge is 0.480 e. The molecule has 1 aromatic carbocycles. The third-order valence-electron chi connectivity index (χ3n) is 3.19. The maximum Gasteiger partial charge on any atom is 0.320 e. The number of aliphatic carboxylic acids is 1. The molecule has 1 heterocycles. The molecule has 2 rings (SSSR count). The van der Waals surface area contributed by atoms with E-state index in [0.29, 0.717) is 18.9 Å². The van der Waals surface area contributed by atoms with Crippen molar-refractivity contribution in [1.82, 2.24) is 25.5 Å². The minimum Gasteiger partial charge on any atom is -0.480 e. The fourth-order valence-electron chi connectivity index (χ4n) is 2.04. The van der Waals surface area contributed by atoms with Crippen LogP contribution in [0.1, 0.15) is 25.2 Å². The smallest absolute Gasteiger partial charge is 0.320 e. The summed E-state index contributed by atoms with van der Waals surface area (Å²) in [4.78, 5) is 11.2. The fourth-order valence-corrected chi connectivity index (χ4v) is 2.04. The van der Waals surface area contributed by atoms with Gasteiger partial charge in [0.2, 0.25) is 0 Å². The van der Waals surface area contributed by atoms with Crippen LogP contribution in [0.4, 0.5) is 0 Å². The molecule has 0 radical (unpaired) electrons. The molecule has 0 aliphatic carbocycles. The first kappa shape index (κ1) is 15.1. The van der Waals surface area contributed by atoms with Gasteiger partial charge in [-0.15, -0.1) is 5.10 Å². The monoisotopic (exact) mass is 289 g/mol. The van der Waals surface area contributed by atoms with Crippen LogP contribution in [0.5, 0.6) is 0 Å². The summed E-state index contributed by atoms with van der Waals surface area (Å²) in [6.45, 7) is 4.59. The summed E-state index contributed by atoms with van der Waals surface area (Å²) in [5, 5.41) is 23.7. The van der Waals surface area contributed by atoms with Gasteiger partial charge < -0.3 is 5.11 Å². The minimum absolute atomic E-state index is 0.0130. The maximum atomic E-state index is 11.2. The van der Waals surface area contributed by atoms with Crippen molar-refractivity contribution in [3.63, 3.8) is 0 Å². The summed E-state index contributed by atoms with van der Waals surface area (Å²) in [6, 6.07) is 9.23. The number of hydrogen-bond acceptors (Lipinski definition) is 5. The molecule has 2 aromatic rings.